The Morgan fingerprint density at radius 2 is 2.13 bits per heavy atom. The molecule has 78 valence electrons. The van der Waals surface area contributed by atoms with Gasteiger partial charge in [0.1, 0.15) is 0 Å². The number of nitrogens with two attached hydrogens (primary N) is 1. The van der Waals surface area contributed by atoms with E-state index in [4.69, 9.17) is 5.73 Å². The number of hydrogen-bond donors (Lipinski definition) is 2. The minimum Gasteiger partial charge on any atom is -0.396 e. The van der Waals surface area contributed by atoms with Crippen LogP contribution in [0.25, 0.3) is 10.9 Å². The molecular weight excluding hydrogens is 254 g/mol. The standard InChI is InChI=1S/C11H12BrN3/c1-6-3-7(12)4-8-10(6)15-5-9(13)11(8)14-2/h3-5H,13H2,1-2H3,(H,14,15). The summed E-state index contributed by atoms with van der Waals surface area (Å²) in [5.41, 5.74) is 9.58. The number of rotatable bonds is 1. The molecule has 15 heavy (non-hydrogen) atoms. The largest absolute Gasteiger partial charge is 0.396 e. The normalized spacial score (nSPS) is 10.6. The van der Waals surface area contributed by atoms with E-state index in [1.54, 1.807) is 6.20 Å². The van der Waals surface area contributed by atoms with Gasteiger partial charge in [-0.2, -0.15) is 0 Å². The molecule has 0 bridgehead atoms. The van der Waals surface area contributed by atoms with E-state index in [9.17, 15) is 0 Å². The number of hydrogen-bond acceptors (Lipinski definition) is 3. The van der Waals surface area contributed by atoms with Crippen molar-refractivity contribution in [2.45, 2.75) is 6.92 Å². The minimum atomic E-state index is 0.669. The summed E-state index contributed by atoms with van der Waals surface area (Å²) in [5, 5.41) is 4.15. The third-order valence-corrected chi connectivity index (χ3v) is 2.86. The highest BCUT2D eigenvalue weighted by molar-refractivity contribution is 9.10. The maximum Gasteiger partial charge on any atom is 0.0754 e. The molecule has 0 aliphatic carbocycles. The Balaban J connectivity index is 2.91. The van der Waals surface area contributed by atoms with Gasteiger partial charge in [0.25, 0.3) is 0 Å². The van der Waals surface area contributed by atoms with E-state index in [1.165, 1.54) is 0 Å². The molecule has 0 unspecified atom stereocenters. The van der Waals surface area contributed by atoms with Crippen LogP contribution in [0.4, 0.5) is 11.4 Å². The number of fused-ring (bicyclic) bond motifs is 1. The van der Waals surface area contributed by atoms with Crippen molar-refractivity contribution in [2.75, 3.05) is 18.1 Å². The summed E-state index contributed by atoms with van der Waals surface area (Å²) >= 11 is 3.47. The van der Waals surface area contributed by atoms with Crippen LogP contribution in [0.2, 0.25) is 0 Å². The molecule has 0 aliphatic heterocycles. The average molecular weight is 266 g/mol. The van der Waals surface area contributed by atoms with E-state index < -0.39 is 0 Å². The molecule has 2 aromatic rings. The fourth-order valence-electron chi connectivity index (χ4n) is 1.73. The molecule has 0 atom stereocenters. The first-order valence-corrected chi connectivity index (χ1v) is 5.45. The van der Waals surface area contributed by atoms with E-state index in [0.717, 1.165) is 26.6 Å². The zero-order chi connectivity index (χ0) is 11.0. The van der Waals surface area contributed by atoms with E-state index in [1.807, 2.05) is 26.1 Å². The van der Waals surface area contributed by atoms with Gasteiger partial charge in [-0.05, 0) is 24.6 Å². The highest BCUT2D eigenvalue weighted by Gasteiger charge is 2.07. The van der Waals surface area contributed by atoms with Gasteiger partial charge >= 0.3 is 0 Å². The van der Waals surface area contributed by atoms with Gasteiger partial charge in [-0.25, -0.2) is 0 Å². The smallest absolute Gasteiger partial charge is 0.0754 e. The Labute approximate surface area is 96.8 Å². The lowest BCUT2D eigenvalue weighted by molar-refractivity contribution is 1.35. The first-order chi connectivity index (χ1) is 7.13. The molecule has 0 radical (unpaired) electrons. The maximum atomic E-state index is 5.86. The number of aryl methyl sites for hydroxylation is 1. The van der Waals surface area contributed by atoms with Crippen LogP contribution >= 0.6 is 15.9 Å². The zero-order valence-corrected chi connectivity index (χ0v) is 10.2. The van der Waals surface area contributed by atoms with Gasteiger partial charge in [-0.15, -0.1) is 0 Å². The van der Waals surface area contributed by atoms with E-state index >= 15 is 0 Å². The fourth-order valence-corrected chi connectivity index (χ4v) is 2.30. The van der Waals surface area contributed by atoms with E-state index in [-0.39, 0.29) is 0 Å². The molecule has 1 aromatic heterocycles. The van der Waals surface area contributed by atoms with Crippen LogP contribution in [-0.2, 0) is 0 Å². The number of nitrogens with zero attached hydrogens (tertiary/aromatic N) is 1. The zero-order valence-electron chi connectivity index (χ0n) is 8.63. The summed E-state index contributed by atoms with van der Waals surface area (Å²) < 4.78 is 1.04. The summed E-state index contributed by atoms with van der Waals surface area (Å²) in [6, 6.07) is 4.07. The van der Waals surface area contributed by atoms with Gasteiger partial charge in [0, 0.05) is 16.9 Å². The Morgan fingerprint density at radius 3 is 2.80 bits per heavy atom. The maximum absolute atomic E-state index is 5.86. The first-order valence-electron chi connectivity index (χ1n) is 4.65. The third kappa shape index (κ3) is 1.65. The highest BCUT2D eigenvalue weighted by Crippen LogP contribution is 2.31. The molecule has 0 fully saturated rings. The van der Waals surface area contributed by atoms with Gasteiger partial charge in [-0.1, -0.05) is 15.9 Å². The van der Waals surface area contributed by atoms with Crippen molar-refractivity contribution in [3.63, 3.8) is 0 Å². The molecule has 0 saturated carbocycles. The topological polar surface area (TPSA) is 50.9 Å². The van der Waals surface area contributed by atoms with Gasteiger partial charge < -0.3 is 11.1 Å². The molecule has 2 rings (SSSR count). The van der Waals surface area contributed by atoms with Crippen molar-refractivity contribution in [1.29, 1.82) is 0 Å². The lowest BCUT2D eigenvalue weighted by Gasteiger charge is -2.10. The number of benzene rings is 1. The van der Waals surface area contributed by atoms with Crippen molar-refractivity contribution in [1.82, 2.24) is 4.98 Å². The predicted octanol–water partition coefficient (Wildman–Crippen LogP) is 2.93. The monoisotopic (exact) mass is 265 g/mol. The molecule has 3 N–H and O–H groups in total. The van der Waals surface area contributed by atoms with Gasteiger partial charge in [0.15, 0.2) is 0 Å². The van der Waals surface area contributed by atoms with Crippen LogP contribution in [0, 0.1) is 6.92 Å². The van der Waals surface area contributed by atoms with Crippen LogP contribution in [-0.4, -0.2) is 12.0 Å². The predicted molar refractivity (Wildman–Crippen MR) is 68.1 cm³/mol. The minimum absolute atomic E-state index is 0.669. The molecule has 4 heteroatoms. The molecule has 1 aromatic carbocycles. The molecule has 3 nitrogen and oxygen atoms in total. The summed E-state index contributed by atoms with van der Waals surface area (Å²) in [5.74, 6) is 0. The number of anilines is 2. The fraction of sp³-hybridized carbons (Fsp3) is 0.182. The molecular formula is C11H12BrN3. The number of pyridine rings is 1. The number of aromatic nitrogens is 1. The summed E-state index contributed by atoms with van der Waals surface area (Å²) in [4.78, 5) is 4.34. The molecule has 0 spiro atoms. The third-order valence-electron chi connectivity index (χ3n) is 2.41. The Bertz CT molecular complexity index is 523. The summed E-state index contributed by atoms with van der Waals surface area (Å²) in [6.45, 7) is 2.04. The second kappa shape index (κ2) is 3.70. The van der Waals surface area contributed by atoms with Crippen LogP contribution in [0.1, 0.15) is 5.56 Å². The van der Waals surface area contributed by atoms with Gasteiger partial charge in [0.2, 0.25) is 0 Å². The number of nitrogen functional groups attached to an aromatic ring is 1. The van der Waals surface area contributed by atoms with Crippen LogP contribution in [0.15, 0.2) is 22.8 Å². The van der Waals surface area contributed by atoms with Crippen LogP contribution in [0.3, 0.4) is 0 Å². The summed E-state index contributed by atoms with van der Waals surface area (Å²) in [7, 11) is 1.86. The Morgan fingerprint density at radius 1 is 1.40 bits per heavy atom. The second-order valence-electron chi connectivity index (χ2n) is 3.46. The lowest BCUT2D eigenvalue weighted by atomic mass is 10.1. The number of nitrogens with one attached hydrogen (secondary N) is 1. The first kappa shape index (κ1) is 10.2. The van der Waals surface area contributed by atoms with E-state index in [2.05, 4.69) is 26.2 Å². The van der Waals surface area contributed by atoms with Crippen molar-refractivity contribution in [3.05, 3.63) is 28.4 Å². The molecule has 1 heterocycles. The second-order valence-corrected chi connectivity index (χ2v) is 4.37. The Kier molecular flexibility index (Phi) is 2.52. The Hall–Kier alpha value is -1.29. The van der Waals surface area contributed by atoms with Crippen molar-refractivity contribution in [2.24, 2.45) is 0 Å². The average Bonchev–Trinajstić information content (AvgIpc) is 2.17. The highest BCUT2D eigenvalue weighted by atomic mass is 79.9. The van der Waals surface area contributed by atoms with Crippen LogP contribution < -0.4 is 11.1 Å². The van der Waals surface area contributed by atoms with Gasteiger partial charge in [0.05, 0.1) is 23.1 Å². The quantitative estimate of drug-likeness (QED) is 0.834. The molecule has 0 amide bonds. The van der Waals surface area contributed by atoms with Crippen molar-refractivity contribution < 1.29 is 0 Å². The molecule has 0 saturated heterocycles. The van der Waals surface area contributed by atoms with Crippen molar-refractivity contribution >= 4 is 38.2 Å². The van der Waals surface area contributed by atoms with Crippen molar-refractivity contribution in [3.8, 4) is 0 Å². The van der Waals surface area contributed by atoms with Crippen LogP contribution in [0.5, 0.6) is 0 Å². The van der Waals surface area contributed by atoms with Gasteiger partial charge in [-0.3, -0.25) is 4.98 Å². The summed E-state index contributed by atoms with van der Waals surface area (Å²) in [6.07, 6.45) is 1.69. The van der Waals surface area contributed by atoms with E-state index in [0.29, 0.717) is 5.69 Å². The number of halogens is 1. The lowest BCUT2D eigenvalue weighted by Crippen LogP contribution is -1.98. The SMILES string of the molecule is CNc1c(N)cnc2c(C)cc(Br)cc12. The molecule has 0 aliphatic rings.